The van der Waals surface area contributed by atoms with Gasteiger partial charge in [0, 0.05) is 22.2 Å². The van der Waals surface area contributed by atoms with Crippen LogP contribution < -0.4 is 15.0 Å². The summed E-state index contributed by atoms with van der Waals surface area (Å²) in [6.45, 7) is 8.57. The molecule has 0 radical (unpaired) electrons. The molecule has 0 saturated heterocycles. The lowest BCUT2D eigenvalue weighted by atomic mass is 9.96. The zero-order valence-electron chi connectivity index (χ0n) is 26.9. The molecule has 0 saturated carbocycles. The molecule has 0 amide bonds. The quantitative estimate of drug-likeness (QED) is 0.0824. The summed E-state index contributed by atoms with van der Waals surface area (Å²) < 4.78 is 13.3. The Labute approximate surface area is 282 Å². The van der Waals surface area contributed by atoms with Crippen LogP contribution in [0.1, 0.15) is 48.9 Å². The number of benzene rings is 5. The highest BCUT2D eigenvalue weighted by atomic mass is 35.5. The van der Waals surface area contributed by atoms with E-state index in [2.05, 4.69) is 18.9 Å². The minimum Gasteiger partial charge on any atom is -0.494 e. The Morgan fingerprint density at radius 2 is 1.71 bits per heavy atom. The summed E-state index contributed by atoms with van der Waals surface area (Å²) in [5.74, 6) is 1.19. The highest BCUT2D eigenvalue weighted by Gasteiger charge is 2.22. The van der Waals surface area contributed by atoms with Gasteiger partial charge in [0.05, 0.1) is 28.6 Å². The van der Waals surface area contributed by atoms with Gasteiger partial charge in [-0.2, -0.15) is 9.78 Å². The van der Waals surface area contributed by atoms with Crippen molar-refractivity contribution in [2.24, 2.45) is 5.10 Å². The molecule has 0 unspecified atom stereocenters. The number of ether oxygens (including phenoxy) is 2. The third-order valence-corrected chi connectivity index (χ3v) is 8.32. The number of rotatable bonds is 10. The molecule has 242 valence electrons. The fraction of sp³-hybridized carbons (Fsp3) is 0.184. The molecule has 1 aromatic heterocycles. The summed E-state index contributed by atoms with van der Waals surface area (Å²) >= 11 is 6.37. The first-order valence-corrected chi connectivity index (χ1v) is 15.9. The van der Waals surface area contributed by atoms with Gasteiger partial charge in [-0.05, 0) is 77.6 Å². The van der Waals surface area contributed by atoms with Gasteiger partial charge in [0.1, 0.15) is 12.4 Å². The molecule has 0 spiro atoms. The molecule has 0 N–H and O–H groups in total. The second kappa shape index (κ2) is 13.7. The Morgan fingerprint density at radius 1 is 0.979 bits per heavy atom. The first kappa shape index (κ1) is 32.4. The maximum Gasteiger partial charge on any atom is 0.313 e. The highest BCUT2D eigenvalue weighted by Crippen LogP contribution is 2.36. The van der Waals surface area contributed by atoms with Crippen molar-refractivity contribution in [1.82, 2.24) is 9.66 Å². The maximum absolute atomic E-state index is 14.0. The fourth-order valence-electron chi connectivity index (χ4n) is 5.75. The number of para-hydroxylation sites is 1. The van der Waals surface area contributed by atoms with E-state index < -0.39 is 10.5 Å². The average molecular weight is 661 g/mol. The van der Waals surface area contributed by atoms with Gasteiger partial charge in [0.25, 0.3) is 5.56 Å². The van der Waals surface area contributed by atoms with E-state index in [0.29, 0.717) is 28.9 Å². The molecule has 6 aromatic rings. The van der Waals surface area contributed by atoms with Crippen LogP contribution in [-0.2, 0) is 6.61 Å². The summed E-state index contributed by atoms with van der Waals surface area (Å²) in [5.41, 5.74) is 3.37. The second-order valence-electron chi connectivity index (χ2n) is 11.6. The number of fused-ring (bicyclic) bond motifs is 2. The third-order valence-electron chi connectivity index (χ3n) is 8.10. The van der Waals surface area contributed by atoms with Gasteiger partial charge >= 0.3 is 5.69 Å². The van der Waals surface area contributed by atoms with Crippen LogP contribution in [0.4, 0.5) is 5.69 Å². The van der Waals surface area contributed by atoms with Crippen LogP contribution in [0.5, 0.6) is 11.5 Å². The lowest BCUT2D eigenvalue weighted by Gasteiger charge is -2.18. The van der Waals surface area contributed by atoms with Crippen molar-refractivity contribution in [3.8, 4) is 22.9 Å². The van der Waals surface area contributed by atoms with E-state index in [1.54, 1.807) is 18.2 Å². The number of nitrogens with zero attached hydrogens (tertiary/aromatic N) is 4. The lowest BCUT2D eigenvalue weighted by Crippen LogP contribution is -2.21. The Morgan fingerprint density at radius 3 is 2.46 bits per heavy atom. The first-order valence-electron chi connectivity index (χ1n) is 15.6. The van der Waals surface area contributed by atoms with E-state index in [0.717, 1.165) is 33.2 Å². The van der Waals surface area contributed by atoms with E-state index >= 15 is 0 Å². The number of halogens is 1. The average Bonchev–Trinajstić information content (AvgIpc) is 3.07. The molecule has 9 nitrogen and oxygen atoms in total. The van der Waals surface area contributed by atoms with Crippen molar-refractivity contribution >= 4 is 45.2 Å². The van der Waals surface area contributed by atoms with E-state index in [9.17, 15) is 14.9 Å². The predicted molar refractivity (Wildman–Crippen MR) is 191 cm³/mol. The molecule has 6 rings (SSSR count). The molecule has 48 heavy (non-hydrogen) atoms. The number of aromatic nitrogens is 2. The maximum atomic E-state index is 14.0. The van der Waals surface area contributed by atoms with Crippen LogP contribution in [-0.4, -0.2) is 27.4 Å². The standard InChI is InChI=1S/C38H33ClN4O5/c1-5-47-35-17-24(4)32(20-31(35)23(2)3)37-41-33-16-9-8-15-30(33)38(44)42(37)40-21-27-18-28(39)19-34(43(45)46)36(27)48-22-26-13-10-12-25-11-6-7-14-29(25)26/h6-21,23H,5,22H2,1-4H3. The van der Waals surface area contributed by atoms with Crippen molar-refractivity contribution in [3.63, 3.8) is 0 Å². The normalized spacial score (nSPS) is 11.5. The molecular formula is C38H33ClN4O5. The smallest absolute Gasteiger partial charge is 0.313 e. The minimum absolute atomic E-state index is 0.0243. The van der Waals surface area contributed by atoms with Gasteiger partial charge in [-0.15, -0.1) is 0 Å². The van der Waals surface area contributed by atoms with Gasteiger partial charge in [-0.3, -0.25) is 14.9 Å². The molecule has 0 aliphatic carbocycles. The van der Waals surface area contributed by atoms with Crippen LogP contribution in [0.3, 0.4) is 0 Å². The highest BCUT2D eigenvalue weighted by molar-refractivity contribution is 6.31. The van der Waals surface area contributed by atoms with Crippen molar-refractivity contribution in [2.45, 2.75) is 40.2 Å². The monoisotopic (exact) mass is 660 g/mol. The SMILES string of the molecule is CCOc1cc(C)c(-c2nc3ccccc3c(=O)n2N=Cc2cc(Cl)cc([N+](=O)[O-])c2OCc2cccc3ccccc23)cc1C(C)C. The lowest BCUT2D eigenvalue weighted by molar-refractivity contribution is -0.385. The molecule has 5 aromatic carbocycles. The molecule has 0 aliphatic heterocycles. The fourth-order valence-corrected chi connectivity index (χ4v) is 5.97. The molecule has 10 heteroatoms. The summed E-state index contributed by atoms with van der Waals surface area (Å²) in [5, 5.41) is 19.3. The molecule has 0 fully saturated rings. The van der Waals surface area contributed by atoms with Gasteiger partial charge in [0.2, 0.25) is 5.75 Å². The third kappa shape index (κ3) is 6.37. The van der Waals surface area contributed by atoms with Gasteiger partial charge in [-0.25, -0.2) is 4.98 Å². The first-order chi connectivity index (χ1) is 23.2. The van der Waals surface area contributed by atoms with Crippen LogP contribution in [0.2, 0.25) is 5.02 Å². The Bertz CT molecular complexity index is 2270. The van der Waals surface area contributed by atoms with Crippen molar-refractivity contribution < 1.29 is 14.4 Å². The van der Waals surface area contributed by atoms with E-state index in [1.165, 1.54) is 23.0 Å². The Hall–Kier alpha value is -5.54. The predicted octanol–water partition coefficient (Wildman–Crippen LogP) is 9.07. The van der Waals surface area contributed by atoms with Gasteiger partial charge < -0.3 is 9.47 Å². The number of hydrogen-bond acceptors (Lipinski definition) is 7. The van der Waals surface area contributed by atoms with Crippen LogP contribution in [0.25, 0.3) is 33.1 Å². The Kier molecular flexibility index (Phi) is 9.23. The van der Waals surface area contributed by atoms with Crippen molar-refractivity contribution in [3.05, 3.63) is 139 Å². The molecule has 0 atom stereocenters. The van der Waals surface area contributed by atoms with Crippen molar-refractivity contribution in [2.75, 3.05) is 6.61 Å². The molecular weight excluding hydrogens is 628 g/mol. The Balaban J connectivity index is 1.51. The second-order valence-corrected chi connectivity index (χ2v) is 12.1. The molecule has 0 aliphatic rings. The van der Waals surface area contributed by atoms with Crippen LogP contribution in [0.15, 0.2) is 101 Å². The molecule has 0 bridgehead atoms. The zero-order valence-corrected chi connectivity index (χ0v) is 27.7. The van der Waals surface area contributed by atoms with Crippen LogP contribution >= 0.6 is 11.6 Å². The minimum atomic E-state index is -0.548. The number of nitro groups is 1. The number of aryl methyl sites for hydroxylation is 1. The van der Waals surface area contributed by atoms with E-state index in [-0.39, 0.29) is 34.5 Å². The zero-order chi connectivity index (χ0) is 33.9. The van der Waals surface area contributed by atoms with E-state index in [1.807, 2.05) is 74.5 Å². The van der Waals surface area contributed by atoms with Crippen molar-refractivity contribution in [1.29, 1.82) is 0 Å². The number of nitro benzene ring substituents is 1. The summed E-state index contributed by atoms with van der Waals surface area (Å²) in [6, 6.07) is 27.4. The largest absolute Gasteiger partial charge is 0.494 e. The summed E-state index contributed by atoms with van der Waals surface area (Å²) in [7, 11) is 0. The molecule has 1 heterocycles. The number of hydrogen-bond donors (Lipinski definition) is 0. The summed E-state index contributed by atoms with van der Waals surface area (Å²) in [4.78, 5) is 30.6. The van der Waals surface area contributed by atoms with Gasteiger partial charge in [0.15, 0.2) is 5.82 Å². The van der Waals surface area contributed by atoms with Gasteiger partial charge in [-0.1, -0.05) is 80.0 Å². The van der Waals surface area contributed by atoms with E-state index in [4.69, 9.17) is 26.1 Å². The van der Waals surface area contributed by atoms with Crippen LogP contribution in [0, 0.1) is 17.0 Å². The summed E-state index contributed by atoms with van der Waals surface area (Å²) in [6.07, 6.45) is 1.35. The topological polar surface area (TPSA) is 109 Å².